The van der Waals surface area contributed by atoms with Gasteiger partial charge in [0.15, 0.2) is 0 Å². The van der Waals surface area contributed by atoms with E-state index in [1.165, 1.54) is 12.1 Å². The molecule has 2 aromatic rings. The maximum absolute atomic E-state index is 13.5. The van der Waals surface area contributed by atoms with Crippen LogP contribution in [0.4, 0.5) is 4.39 Å². The molecule has 0 spiro atoms. The van der Waals surface area contributed by atoms with Crippen LogP contribution in [0.5, 0.6) is 0 Å². The number of nitrogens with zero attached hydrogens (tertiary/aromatic N) is 1. The molecule has 0 unspecified atom stereocenters. The Kier molecular flexibility index (Phi) is 1.60. The van der Waals surface area contributed by atoms with E-state index < -0.39 is 0 Å². The van der Waals surface area contributed by atoms with Gasteiger partial charge in [0.05, 0.1) is 11.1 Å². The number of hydrogen-bond acceptors (Lipinski definition) is 1. The maximum atomic E-state index is 13.5. The molecule has 74 valence electrons. The van der Waals surface area contributed by atoms with E-state index in [9.17, 15) is 4.39 Å². The van der Waals surface area contributed by atoms with E-state index in [1.807, 2.05) is 6.07 Å². The summed E-state index contributed by atoms with van der Waals surface area (Å²) in [5.74, 6) is 0.287. The van der Waals surface area contributed by atoms with Gasteiger partial charge in [-0.05, 0) is 37.0 Å². The summed E-state index contributed by atoms with van der Waals surface area (Å²) in [5, 5.41) is 9.44. The van der Waals surface area contributed by atoms with E-state index in [4.69, 9.17) is 5.26 Å². The van der Waals surface area contributed by atoms with Crippen LogP contribution in [0.1, 0.15) is 30.0 Å². The molecule has 1 aromatic heterocycles. The molecule has 1 aromatic carbocycles. The number of benzene rings is 1. The molecule has 0 atom stereocenters. The molecule has 3 heteroatoms. The van der Waals surface area contributed by atoms with Crippen LogP contribution in [0.3, 0.4) is 0 Å². The number of aromatic nitrogens is 1. The highest BCUT2D eigenvalue weighted by Crippen LogP contribution is 2.41. The molecule has 1 aliphatic carbocycles. The first kappa shape index (κ1) is 8.49. The van der Waals surface area contributed by atoms with Crippen molar-refractivity contribution in [1.82, 2.24) is 4.98 Å². The predicted molar refractivity (Wildman–Crippen MR) is 54.9 cm³/mol. The number of H-pyrrole nitrogens is 1. The molecule has 3 rings (SSSR count). The second-order valence-electron chi connectivity index (χ2n) is 3.99. The summed E-state index contributed by atoms with van der Waals surface area (Å²) in [6.45, 7) is 0. The molecule has 0 amide bonds. The Morgan fingerprint density at radius 3 is 2.87 bits per heavy atom. The minimum Gasteiger partial charge on any atom is -0.357 e. The normalized spacial score (nSPS) is 15.5. The second kappa shape index (κ2) is 2.83. The molecule has 15 heavy (non-hydrogen) atoms. The third-order valence-corrected chi connectivity index (χ3v) is 2.90. The highest BCUT2D eigenvalue weighted by molar-refractivity contribution is 5.86. The van der Waals surface area contributed by atoms with Crippen LogP contribution in [-0.2, 0) is 0 Å². The van der Waals surface area contributed by atoms with Gasteiger partial charge in [0.1, 0.15) is 11.9 Å². The van der Waals surface area contributed by atoms with Crippen molar-refractivity contribution in [1.29, 1.82) is 5.26 Å². The molecule has 2 nitrogen and oxygen atoms in total. The average Bonchev–Trinajstić information content (AvgIpc) is 2.99. The van der Waals surface area contributed by atoms with Gasteiger partial charge < -0.3 is 4.98 Å². The fourth-order valence-electron chi connectivity index (χ4n) is 1.91. The fourth-order valence-corrected chi connectivity index (χ4v) is 1.91. The lowest BCUT2D eigenvalue weighted by atomic mass is 10.1. The Bertz CT molecular complexity index is 573. The lowest BCUT2D eigenvalue weighted by Gasteiger charge is -1.93. The summed E-state index contributed by atoms with van der Waals surface area (Å²) in [4.78, 5) is 3.16. The molecular weight excluding hydrogens is 191 g/mol. The molecule has 1 heterocycles. The zero-order valence-electron chi connectivity index (χ0n) is 8.05. The monoisotopic (exact) mass is 200 g/mol. The Hall–Kier alpha value is -1.82. The lowest BCUT2D eigenvalue weighted by Crippen LogP contribution is -1.81. The molecule has 0 saturated heterocycles. The lowest BCUT2D eigenvalue weighted by molar-refractivity contribution is 0.640. The van der Waals surface area contributed by atoms with Gasteiger partial charge in [0, 0.05) is 11.1 Å². The average molecular weight is 200 g/mol. The number of fused-ring (bicyclic) bond motifs is 1. The Labute approximate surface area is 86.3 Å². The SMILES string of the molecule is N#Cc1ccc(F)c2cc(C3CC3)[nH]c12. The van der Waals surface area contributed by atoms with Crippen molar-refractivity contribution in [2.45, 2.75) is 18.8 Å². The predicted octanol–water partition coefficient (Wildman–Crippen LogP) is 3.06. The third-order valence-electron chi connectivity index (χ3n) is 2.90. The fraction of sp³-hybridized carbons (Fsp3) is 0.250. The number of rotatable bonds is 1. The van der Waals surface area contributed by atoms with E-state index >= 15 is 0 Å². The molecule has 0 radical (unpaired) electrons. The Morgan fingerprint density at radius 1 is 1.40 bits per heavy atom. The number of hydrogen-bond donors (Lipinski definition) is 1. The summed E-state index contributed by atoms with van der Waals surface area (Å²) >= 11 is 0. The van der Waals surface area contributed by atoms with E-state index in [-0.39, 0.29) is 5.82 Å². The smallest absolute Gasteiger partial charge is 0.132 e. The van der Waals surface area contributed by atoms with Crippen molar-refractivity contribution in [3.63, 3.8) is 0 Å². The maximum Gasteiger partial charge on any atom is 0.132 e. The summed E-state index contributed by atoms with van der Waals surface area (Å²) in [7, 11) is 0. The molecule has 0 aliphatic heterocycles. The van der Waals surface area contributed by atoms with Crippen LogP contribution in [0.25, 0.3) is 10.9 Å². The molecule has 1 N–H and O–H groups in total. The van der Waals surface area contributed by atoms with Gasteiger partial charge >= 0.3 is 0 Å². The summed E-state index contributed by atoms with van der Waals surface area (Å²) < 4.78 is 13.5. The first-order valence-electron chi connectivity index (χ1n) is 5.01. The van der Waals surface area contributed by atoms with Gasteiger partial charge in [0.25, 0.3) is 0 Å². The first-order valence-corrected chi connectivity index (χ1v) is 5.01. The van der Waals surface area contributed by atoms with Gasteiger partial charge in [-0.3, -0.25) is 0 Å². The highest BCUT2D eigenvalue weighted by Gasteiger charge is 2.26. The van der Waals surface area contributed by atoms with E-state index in [1.54, 1.807) is 0 Å². The number of aromatic amines is 1. The molecule has 1 aliphatic rings. The van der Waals surface area contributed by atoms with Gasteiger partial charge in [-0.25, -0.2) is 4.39 Å². The van der Waals surface area contributed by atoms with Crippen LogP contribution < -0.4 is 0 Å². The number of nitrogens with one attached hydrogen (secondary N) is 1. The third kappa shape index (κ3) is 1.22. The summed E-state index contributed by atoms with van der Waals surface area (Å²) in [5.41, 5.74) is 2.21. The van der Waals surface area contributed by atoms with Crippen molar-refractivity contribution in [3.05, 3.63) is 35.3 Å². The second-order valence-corrected chi connectivity index (χ2v) is 3.99. The summed E-state index contributed by atoms with van der Waals surface area (Å²) in [6.07, 6.45) is 2.33. The van der Waals surface area contributed by atoms with Crippen LogP contribution >= 0.6 is 0 Å². The molecule has 0 bridgehead atoms. The van der Waals surface area contributed by atoms with E-state index in [0.29, 0.717) is 22.4 Å². The Morgan fingerprint density at radius 2 is 2.20 bits per heavy atom. The quantitative estimate of drug-likeness (QED) is 0.755. The van der Waals surface area contributed by atoms with Crippen molar-refractivity contribution in [2.24, 2.45) is 0 Å². The standard InChI is InChI=1S/C12H9FN2/c13-10-4-3-8(6-14)12-9(10)5-11(15-12)7-1-2-7/h3-5,7,15H,1-2H2. The van der Waals surface area contributed by atoms with Crippen LogP contribution in [0, 0.1) is 17.1 Å². The van der Waals surface area contributed by atoms with Crippen LogP contribution in [0.2, 0.25) is 0 Å². The number of halogens is 1. The highest BCUT2D eigenvalue weighted by atomic mass is 19.1. The molecule has 1 saturated carbocycles. The van der Waals surface area contributed by atoms with E-state index in [0.717, 1.165) is 18.5 Å². The zero-order chi connectivity index (χ0) is 10.4. The minimum absolute atomic E-state index is 0.257. The van der Waals surface area contributed by atoms with Crippen molar-refractivity contribution in [2.75, 3.05) is 0 Å². The van der Waals surface area contributed by atoms with Crippen LogP contribution in [0.15, 0.2) is 18.2 Å². The minimum atomic E-state index is -0.257. The van der Waals surface area contributed by atoms with Gasteiger partial charge in [-0.2, -0.15) is 5.26 Å². The Balaban J connectivity index is 2.31. The van der Waals surface area contributed by atoms with Gasteiger partial charge in [0.2, 0.25) is 0 Å². The van der Waals surface area contributed by atoms with Gasteiger partial charge in [-0.15, -0.1) is 0 Å². The van der Waals surface area contributed by atoms with Crippen molar-refractivity contribution in [3.8, 4) is 6.07 Å². The van der Waals surface area contributed by atoms with Gasteiger partial charge in [-0.1, -0.05) is 0 Å². The number of nitriles is 1. The topological polar surface area (TPSA) is 39.6 Å². The largest absolute Gasteiger partial charge is 0.357 e. The van der Waals surface area contributed by atoms with E-state index in [2.05, 4.69) is 11.1 Å². The molecule has 1 fully saturated rings. The zero-order valence-corrected chi connectivity index (χ0v) is 8.05. The molecular formula is C12H9FN2. The summed E-state index contributed by atoms with van der Waals surface area (Å²) in [6, 6.07) is 6.78. The van der Waals surface area contributed by atoms with Crippen molar-refractivity contribution < 1.29 is 4.39 Å². The van der Waals surface area contributed by atoms with Crippen molar-refractivity contribution >= 4 is 10.9 Å². The first-order chi connectivity index (χ1) is 7.29. The van der Waals surface area contributed by atoms with Crippen LogP contribution in [-0.4, -0.2) is 4.98 Å².